The Morgan fingerprint density at radius 1 is 1.29 bits per heavy atom. The molecule has 1 saturated carbocycles. The van der Waals surface area contributed by atoms with E-state index in [0.29, 0.717) is 30.2 Å². The summed E-state index contributed by atoms with van der Waals surface area (Å²) in [7, 11) is -1.93. The Hall–Kier alpha value is -2.46. The Labute approximate surface area is 182 Å². The predicted molar refractivity (Wildman–Crippen MR) is 118 cm³/mol. The lowest BCUT2D eigenvalue weighted by Gasteiger charge is -2.47. The third kappa shape index (κ3) is 3.82. The van der Waals surface area contributed by atoms with Gasteiger partial charge in [-0.2, -0.15) is 4.98 Å². The molecule has 4 rings (SSSR count). The minimum atomic E-state index is -1.93. The van der Waals surface area contributed by atoms with Crippen LogP contribution in [0, 0.1) is 11.8 Å². The number of rotatable bonds is 6. The van der Waals surface area contributed by atoms with Crippen molar-refractivity contribution in [3.63, 3.8) is 0 Å². The molecular formula is C21H31N5O4Si. The summed E-state index contributed by atoms with van der Waals surface area (Å²) in [5.74, 6) is 0.553. The molecule has 10 heteroatoms. The number of nitrogens with zero attached hydrogens (tertiary/aromatic N) is 5. The van der Waals surface area contributed by atoms with Crippen LogP contribution < -0.4 is 0 Å². The second kappa shape index (κ2) is 7.59. The first-order chi connectivity index (χ1) is 14.5. The number of carbonyl (C=O) groups excluding carboxylic acids is 1. The molecule has 0 spiro atoms. The van der Waals surface area contributed by atoms with Crippen LogP contribution in [0.3, 0.4) is 0 Å². The number of ether oxygens (including phenoxy) is 1. The standard InChI is InChI=1S/C21H31N5O4Si/c1-13(27)29-10-14-9-16(15(14)11-30-31(5,6)21(2,3)4)26-12-23-17-18(26)24-20-22-7-8-25(20)19(17)28/h7-8,12,14-16,28H,9-11H2,1-6H3/t14-,15-,16-/m1/s1. The van der Waals surface area contributed by atoms with E-state index in [0.717, 1.165) is 6.42 Å². The SMILES string of the molecule is CC(=O)OC[C@H]1C[C@@H](n2cnc3c(O)n4ccnc4nc32)[C@@H]1CO[Si](C)(C)C(C)(C)C. The van der Waals surface area contributed by atoms with Crippen molar-refractivity contribution in [1.29, 1.82) is 0 Å². The molecule has 0 radical (unpaired) electrons. The van der Waals surface area contributed by atoms with Crippen LogP contribution in [0.1, 0.15) is 40.2 Å². The number of aromatic nitrogens is 5. The van der Waals surface area contributed by atoms with Crippen molar-refractivity contribution in [2.75, 3.05) is 13.2 Å². The fourth-order valence-electron chi connectivity index (χ4n) is 3.90. The maximum absolute atomic E-state index is 11.4. The predicted octanol–water partition coefficient (Wildman–Crippen LogP) is 3.55. The molecule has 1 N–H and O–H groups in total. The maximum atomic E-state index is 11.4. The average Bonchev–Trinajstić information content (AvgIpc) is 3.27. The molecule has 0 bridgehead atoms. The van der Waals surface area contributed by atoms with E-state index < -0.39 is 8.32 Å². The first kappa shape index (κ1) is 21.8. The Morgan fingerprint density at radius 3 is 2.71 bits per heavy atom. The van der Waals surface area contributed by atoms with Crippen LogP contribution in [0.5, 0.6) is 5.88 Å². The van der Waals surface area contributed by atoms with Gasteiger partial charge in [0, 0.05) is 43.8 Å². The lowest BCUT2D eigenvalue weighted by Crippen LogP contribution is -2.48. The highest BCUT2D eigenvalue weighted by atomic mass is 28.4. The van der Waals surface area contributed by atoms with Crippen molar-refractivity contribution < 1.29 is 19.1 Å². The minimum Gasteiger partial charge on any atom is -0.493 e. The first-order valence-electron chi connectivity index (χ1n) is 10.7. The Kier molecular flexibility index (Phi) is 5.33. The van der Waals surface area contributed by atoms with Gasteiger partial charge in [0.05, 0.1) is 12.9 Å². The fourth-order valence-corrected chi connectivity index (χ4v) is 4.94. The van der Waals surface area contributed by atoms with Gasteiger partial charge in [0.25, 0.3) is 0 Å². The number of hydrogen-bond donors (Lipinski definition) is 1. The summed E-state index contributed by atoms with van der Waals surface area (Å²) in [5.41, 5.74) is 1.04. The molecule has 0 aromatic carbocycles. The van der Waals surface area contributed by atoms with E-state index in [1.165, 1.54) is 11.3 Å². The largest absolute Gasteiger partial charge is 0.493 e. The smallest absolute Gasteiger partial charge is 0.302 e. The quantitative estimate of drug-likeness (QED) is 0.457. The third-order valence-corrected chi connectivity index (χ3v) is 11.5. The third-order valence-electron chi connectivity index (χ3n) is 6.98. The highest BCUT2D eigenvalue weighted by Crippen LogP contribution is 2.47. The number of carbonyl (C=O) groups is 1. The molecule has 1 aliphatic carbocycles. The molecule has 9 nitrogen and oxygen atoms in total. The molecule has 3 aromatic rings. The van der Waals surface area contributed by atoms with Crippen molar-refractivity contribution in [3.05, 3.63) is 18.7 Å². The van der Waals surface area contributed by atoms with Crippen LogP contribution in [0.15, 0.2) is 18.7 Å². The molecule has 168 valence electrons. The topological polar surface area (TPSA) is 104 Å². The number of hydrogen-bond acceptors (Lipinski definition) is 7. The second-order valence-electron chi connectivity index (χ2n) is 9.96. The second-order valence-corrected chi connectivity index (χ2v) is 14.8. The fraction of sp³-hybridized carbons (Fsp3) is 0.619. The lowest BCUT2D eigenvalue weighted by molar-refractivity contribution is -0.145. The Bertz CT molecular complexity index is 1120. The van der Waals surface area contributed by atoms with E-state index in [4.69, 9.17) is 9.16 Å². The van der Waals surface area contributed by atoms with Crippen LogP contribution in [0.2, 0.25) is 18.1 Å². The van der Waals surface area contributed by atoms with Gasteiger partial charge >= 0.3 is 5.97 Å². The summed E-state index contributed by atoms with van der Waals surface area (Å²) in [6, 6.07) is 0.0969. The van der Waals surface area contributed by atoms with Gasteiger partial charge in [-0.15, -0.1) is 0 Å². The molecular weight excluding hydrogens is 414 g/mol. The first-order valence-corrected chi connectivity index (χ1v) is 13.6. The summed E-state index contributed by atoms with van der Waals surface area (Å²) >= 11 is 0. The van der Waals surface area contributed by atoms with Gasteiger partial charge in [-0.05, 0) is 24.6 Å². The molecule has 3 heterocycles. The van der Waals surface area contributed by atoms with Crippen molar-refractivity contribution >= 4 is 31.2 Å². The Morgan fingerprint density at radius 2 is 2.03 bits per heavy atom. The number of fused-ring (bicyclic) bond motifs is 2. The minimum absolute atomic E-state index is 0.0288. The zero-order chi connectivity index (χ0) is 22.6. The molecule has 1 fully saturated rings. The highest BCUT2D eigenvalue weighted by molar-refractivity contribution is 6.74. The molecule has 0 aliphatic heterocycles. The van der Waals surface area contributed by atoms with E-state index in [2.05, 4.69) is 48.8 Å². The number of imidazole rings is 2. The van der Waals surface area contributed by atoms with Gasteiger partial charge in [0.1, 0.15) is 0 Å². The Balaban J connectivity index is 1.63. The van der Waals surface area contributed by atoms with E-state index >= 15 is 0 Å². The van der Waals surface area contributed by atoms with Gasteiger partial charge in [-0.25, -0.2) is 9.97 Å². The van der Waals surface area contributed by atoms with Crippen LogP contribution in [-0.4, -0.2) is 56.5 Å². The van der Waals surface area contributed by atoms with Crippen LogP contribution in [0.25, 0.3) is 16.9 Å². The van der Waals surface area contributed by atoms with Crippen LogP contribution >= 0.6 is 0 Å². The van der Waals surface area contributed by atoms with Crippen molar-refractivity contribution in [3.8, 4) is 5.88 Å². The molecule has 0 unspecified atom stereocenters. The molecule has 31 heavy (non-hydrogen) atoms. The van der Waals surface area contributed by atoms with E-state index in [1.807, 2.05) is 4.57 Å². The monoisotopic (exact) mass is 445 g/mol. The van der Waals surface area contributed by atoms with E-state index in [1.54, 1.807) is 18.7 Å². The molecule has 0 saturated heterocycles. The zero-order valence-corrected chi connectivity index (χ0v) is 20.0. The highest BCUT2D eigenvalue weighted by Gasteiger charge is 2.46. The molecule has 1 aliphatic rings. The molecule has 0 amide bonds. The molecule has 3 aromatic heterocycles. The number of aromatic hydroxyl groups is 1. The molecule has 3 atom stereocenters. The van der Waals surface area contributed by atoms with Crippen molar-refractivity contribution in [1.82, 2.24) is 23.9 Å². The van der Waals surface area contributed by atoms with Gasteiger partial charge < -0.3 is 18.8 Å². The van der Waals surface area contributed by atoms with Crippen LogP contribution in [0.4, 0.5) is 0 Å². The van der Waals surface area contributed by atoms with Crippen molar-refractivity contribution in [2.45, 2.75) is 58.3 Å². The normalized spacial score (nSPS) is 22.1. The summed E-state index contributed by atoms with van der Waals surface area (Å²) in [6.07, 6.45) is 5.80. The summed E-state index contributed by atoms with van der Waals surface area (Å²) in [5, 5.41) is 10.7. The maximum Gasteiger partial charge on any atom is 0.302 e. The lowest BCUT2D eigenvalue weighted by atomic mass is 9.70. The zero-order valence-electron chi connectivity index (χ0n) is 19.0. The number of esters is 1. The average molecular weight is 446 g/mol. The van der Waals surface area contributed by atoms with Crippen LogP contribution in [-0.2, 0) is 14.0 Å². The van der Waals surface area contributed by atoms with Gasteiger partial charge in [0.2, 0.25) is 11.7 Å². The summed E-state index contributed by atoms with van der Waals surface area (Å²) < 4.78 is 15.4. The van der Waals surface area contributed by atoms with Gasteiger partial charge in [0.15, 0.2) is 19.5 Å². The van der Waals surface area contributed by atoms with Gasteiger partial charge in [-0.1, -0.05) is 20.8 Å². The van der Waals surface area contributed by atoms with Gasteiger partial charge in [-0.3, -0.25) is 9.20 Å². The van der Waals surface area contributed by atoms with Crippen molar-refractivity contribution in [2.24, 2.45) is 11.8 Å². The summed E-state index contributed by atoms with van der Waals surface area (Å²) in [6.45, 7) is 13.5. The van der Waals surface area contributed by atoms with E-state index in [9.17, 15) is 9.90 Å². The summed E-state index contributed by atoms with van der Waals surface area (Å²) in [4.78, 5) is 24.6. The van der Waals surface area contributed by atoms with E-state index in [-0.39, 0.29) is 34.8 Å².